The van der Waals surface area contributed by atoms with Crippen molar-refractivity contribution in [1.82, 2.24) is 4.90 Å². The zero-order valence-corrected chi connectivity index (χ0v) is 15.9. The first-order valence-corrected chi connectivity index (χ1v) is 9.23. The lowest BCUT2D eigenvalue weighted by molar-refractivity contribution is -0.128. The summed E-state index contributed by atoms with van der Waals surface area (Å²) in [6.07, 6.45) is 0.222. The highest BCUT2D eigenvalue weighted by molar-refractivity contribution is 5.97. The standard InChI is InChI=1S/C21H25N3O4/c1-27-18-6-2-15(3-7-18)13-24-14-16(12-20(24)25)21(26)23-17-4-8-19(9-5-17)28-11-10-22/h2-9,16H,10-14,22H2,1H3,(H,23,26). The molecule has 7 nitrogen and oxygen atoms in total. The molecule has 1 fully saturated rings. The molecule has 0 aromatic heterocycles. The molecule has 0 radical (unpaired) electrons. The van der Waals surface area contributed by atoms with Crippen LogP contribution in [0, 0.1) is 5.92 Å². The normalized spacial score (nSPS) is 16.1. The number of methoxy groups -OCH3 is 1. The van der Waals surface area contributed by atoms with Crippen LogP contribution in [0.2, 0.25) is 0 Å². The lowest BCUT2D eigenvalue weighted by atomic mass is 10.1. The van der Waals surface area contributed by atoms with Crippen LogP contribution in [0.4, 0.5) is 5.69 Å². The van der Waals surface area contributed by atoms with Crippen molar-refractivity contribution in [3.8, 4) is 11.5 Å². The maximum Gasteiger partial charge on any atom is 0.229 e. The Morgan fingerprint density at radius 3 is 2.46 bits per heavy atom. The van der Waals surface area contributed by atoms with E-state index in [1.165, 1.54) is 0 Å². The van der Waals surface area contributed by atoms with Crippen molar-refractivity contribution in [2.75, 3.05) is 32.1 Å². The van der Waals surface area contributed by atoms with E-state index in [1.54, 1.807) is 36.3 Å². The van der Waals surface area contributed by atoms with E-state index in [-0.39, 0.29) is 24.2 Å². The topological polar surface area (TPSA) is 93.9 Å². The molecule has 0 saturated carbocycles. The van der Waals surface area contributed by atoms with E-state index in [1.807, 2.05) is 24.3 Å². The van der Waals surface area contributed by atoms with Gasteiger partial charge in [-0.15, -0.1) is 0 Å². The molecular weight excluding hydrogens is 358 g/mol. The van der Waals surface area contributed by atoms with Crippen molar-refractivity contribution >= 4 is 17.5 Å². The minimum absolute atomic E-state index is 0.0125. The molecule has 2 aromatic carbocycles. The number of anilines is 1. The minimum Gasteiger partial charge on any atom is -0.497 e. The first-order valence-electron chi connectivity index (χ1n) is 9.23. The molecule has 2 amide bonds. The molecule has 1 atom stereocenters. The number of nitrogens with zero attached hydrogens (tertiary/aromatic N) is 1. The SMILES string of the molecule is COc1ccc(CN2CC(C(=O)Nc3ccc(OCCN)cc3)CC2=O)cc1. The molecule has 1 saturated heterocycles. The first kappa shape index (κ1) is 19.7. The molecule has 3 rings (SSSR count). The van der Waals surface area contributed by atoms with Crippen molar-refractivity contribution in [3.05, 3.63) is 54.1 Å². The van der Waals surface area contributed by atoms with E-state index in [9.17, 15) is 9.59 Å². The van der Waals surface area contributed by atoms with Gasteiger partial charge >= 0.3 is 0 Å². The third-order valence-corrected chi connectivity index (χ3v) is 4.63. The number of nitrogens with two attached hydrogens (primary N) is 1. The molecule has 2 aromatic rings. The summed E-state index contributed by atoms with van der Waals surface area (Å²) in [7, 11) is 1.61. The smallest absolute Gasteiger partial charge is 0.229 e. The van der Waals surface area contributed by atoms with E-state index in [2.05, 4.69) is 5.32 Å². The molecule has 1 aliphatic heterocycles. The molecule has 7 heteroatoms. The van der Waals surface area contributed by atoms with E-state index >= 15 is 0 Å². The number of carbonyl (C=O) groups is 2. The minimum atomic E-state index is -0.362. The van der Waals surface area contributed by atoms with Crippen LogP contribution >= 0.6 is 0 Å². The van der Waals surface area contributed by atoms with Crippen molar-refractivity contribution < 1.29 is 19.1 Å². The lowest BCUT2D eigenvalue weighted by Gasteiger charge is -2.17. The summed E-state index contributed by atoms with van der Waals surface area (Å²) in [4.78, 5) is 26.6. The van der Waals surface area contributed by atoms with Crippen LogP contribution in [0.3, 0.4) is 0 Å². The predicted molar refractivity (Wildman–Crippen MR) is 106 cm³/mol. The van der Waals surface area contributed by atoms with Gasteiger partial charge < -0.3 is 25.4 Å². The van der Waals surface area contributed by atoms with Gasteiger partial charge in [0.25, 0.3) is 0 Å². The number of hydrogen-bond acceptors (Lipinski definition) is 5. The monoisotopic (exact) mass is 383 g/mol. The summed E-state index contributed by atoms with van der Waals surface area (Å²) in [5, 5.41) is 2.87. The van der Waals surface area contributed by atoms with Gasteiger partial charge in [0.1, 0.15) is 18.1 Å². The summed E-state index contributed by atoms with van der Waals surface area (Å²) in [5.41, 5.74) is 7.08. The Kier molecular flexibility index (Phi) is 6.49. The maximum atomic E-state index is 12.5. The molecule has 0 aliphatic carbocycles. The third-order valence-electron chi connectivity index (χ3n) is 4.63. The van der Waals surface area contributed by atoms with Gasteiger partial charge in [-0.2, -0.15) is 0 Å². The van der Waals surface area contributed by atoms with Crippen molar-refractivity contribution in [2.24, 2.45) is 11.7 Å². The Morgan fingerprint density at radius 1 is 1.14 bits per heavy atom. The zero-order chi connectivity index (χ0) is 19.9. The molecule has 3 N–H and O–H groups in total. The maximum absolute atomic E-state index is 12.5. The van der Waals surface area contributed by atoms with Crippen LogP contribution in [0.5, 0.6) is 11.5 Å². The van der Waals surface area contributed by atoms with Gasteiger partial charge in [0, 0.05) is 31.7 Å². The Morgan fingerprint density at radius 2 is 1.82 bits per heavy atom. The largest absolute Gasteiger partial charge is 0.497 e. The molecule has 1 unspecified atom stereocenters. The van der Waals surface area contributed by atoms with Crippen LogP contribution < -0.4 is 20.5 Å². The number of benzene rings is 2. The predicted octanol–water partition coefficient (Wildman–Crippen LogP) is 2.02. The van der Waals surface area contributed by atoms with Gasteiger partial charge in [0.15, 0.2) is 0 Å². The van der Waals surface area contributed by atoms with Gasteiger partial charge in [-0.25, -0.2) is 0 Å². The van der Waals surface area contributed by atoms with E-state index in [0.717, 1.165) is 11.3 Å². The third kappa shape index (κ3) is 5.01. The summed E-state index contributed by atoms with van der Waals surface area (Å²) in [6.45, 7) is 1.79. The van der Waals surface area contributed by atoms with Gasteiger partial charge in [0.05, 0.1) is 13.0 Å². The fourth-order valence-electron chi connectivity index (χ4n) is 3.11. The summed E-state index contributed by atoms with van der Waals surface area (Å²) >= 11 is 0. The highest BCUT2D eigenvalue weighted by Gasteiger charge is 2.34. The fraction of sp³-hybridized carbons (Fsp3) is 0.333. The summed E-state index contributed by atoms with van der Waals surface area (Å²) in [5.74, 6) is 0.944. The van der Waals surface area contributed by atoms with Crippen molar-refractivity contribution in [2.45, 2.75) is 13.0 Å². The number of rotatable bonds is 8. The number of carbonyl (C=O) groups excluding carboxylic acids is 2. The summed E-state index contributed by atoms with van der Waals surface area (Å²) < 4.78 is 10.6. The van der Waals surface area contributed by atoms with Crippen LogP contribution in [0.25, 0.3) is 0 Å². The zero-order valence-electron chi connectivity index (χ0n) is 15.9. The number of likely N-dealkylation sites (tertiary alicyclic amines) is 1. The van der Waals surface area contributed by atoms with Crippen LogP contribution in [0.15, 0.2) is 48.5 Å². The second kappa shape index (κ2) is 9.23. The Hall–Kier alpha value is -3.06. The average molecular weight is 383 g/mol. The van der Waals surface area contributed by atoms with E-state index < -0.39 is 0 Å². The molecule has 1 aliphatic rings. The Bertz CT molecular complexity index is 805. The highest BCUT2D eigenvalue weighted by Crippen LogP contribution is 2.23. The molecule has 0 spiro atoms. The number of nitrogens with one attached hydrogen (secondary N) is 1. The van der Waals surface area contributed by atoms with Crippen molar-refractivity contribution in [3.63, 3.8) is 0 Å². The second-order valence-electron chi connectivity index (χ2n) is 6.67. The van der Waals surface area contributed by atoms with Gasteiger partial charge in [-0.1, -0.05) is 12.1 Å². The quantitative estimate of drug-likeness (QED) is 0.727. The number of ether oxygens (including phenoxy) is 2. The Balaban J connectivity index is 1.54. The van der Waals surface area contributed by atoms with Gasteiger partial charge in [-0.3, -0.25) is 9.59 Å². The molecule has 28 heavy (non-hydrogen) atoms. The molecule has 148 valence electrons. The highest BCUT2D eigenvalue weighted by atomic mass is 16.5. The molecule has 1 heterocycles. The molecule has 0 bridgehead atoms. The van der Waals surface area contributed by atoms with E-state index in [0.29, 0.717) is 37.7 Å². The first-order chi connectivity index (χ1) is 13.6. The average Bonchev–Trinajstić information content (AvgIpc) is 3.08. The number of hydrogen-bond donors (Lipinski definition) is 2. The fourth-order valence-corrected chi connectivity index (χ4v) is 3.11. The summed E-state index contributed by atoms with van der Waals surface area (Å²) in [6, 6.07) is 14.7. The van der Waals surface area contributed by atoms with Gasteiger partial charge in [0.2, 0.25) is 11.8 Å². The lowest BCUT2D eigenvalue weighted by Crippen LogP contribution is -2.28. The van der Waals surface area contributed by atoms with Crippen LogP contribution in [-0.2, 0) is 16.1 Å². The van der Waals surface area contributed by atoms with Crippen LogP contribution in [0.1, 0.15) is 12.0 Å². The number of amides is 2. The van der Waals surface area contributed by atoms with Crippen LogP contribution in [-0.4, -0.2) is 43.5 Å². The molecular formula is C21H25N3O4. The second-order valence-corrected chi connectivity index (χ2v) is 6.67. The van der Waals surface area contributed by atoms with Crippen molar-refractivity contribution in [1.29, 1.82) is 0 Å². The van der Waals surface area contributed by atoms with Gasteiger partial charge in [-0.05, 0) is 42.0 Å². The Labute approximate surface area is 164 Å². The van der Waals surface area contributed by atoms with E-state index in [4.69, 9.17) is 15.2 Å².